The van der Waals surface area contributed by atoms with E-state index in [4.69, 9.17) is 4.74 Å². The van der Waals surface area contributed by atoms with Crippen molar-refractivity contribution in [3.63, 3.8) is 0 Å². The molecule has 3 aliphatic heterocycles. The lowest BCUT2D eigenvalue weighted by atomic mass is 9.95. The Hall–Kier alpha value is -3.21. The van der Waals surface area contributed by atoms with Gasteiger partial charge in [0.2, 0.25) is 0 Å². The number of hydrogen-bond acceptors (Lipinski definition) is 6. The molecule has 0 amide bonds. The number of rotatable bonds is 7. The number of benzene rings is 1. The molecular formula is C29H33N3O4. The van der Waals surface area contributed by atoms with Crippen LogP contribution in [0, 0.1) is 24.2 Å². The number of aromatic nitrogens is 1. The van der Waals surface area contributed by atoms with Gasteiger partial charge in [0, 0.05) is 41.1 Å². The van der Waals surface area contributed by atoms with Crippen LogP contribution in [0.1, 0.15) is 73.3 Å². The van der Waals surface area contributed by atoms with Crippen molar-refractivity contribution >= 4 is 17.8 Å². The molecule has 3 unspecified atom stereocenters. The molecule has 2 aromatic rings. The number of allylic oxidation sites excluding steroid dienone is 1. The molecule has 0 radical (unpaired) electrons. The van der Waals surface area contributed by atoms with Gasteiger partial charge in [-0.2, -0.15) is 5.26 Å². The van der Waals surface area contributed by atoms with Crippen LogP contribution in [0.15, 0.2) is 36.4 Å². The van der Waals surface area contributed by atoms with Crippen molar-refractivity contribution in [3.05, 3.63) is 58.9 Å². The number of aliphatic hydroxyl groups excluding tert-OH is 1. The summed E-state index contributed by atoms with van der Waals surface area (Å²) in [6.45, 7) is 6.10. The lowest BCUT2D eigenvalue weighted by Crippen LogP contribution is -2.36. The molecule has 4 atom stereocenters. The van der Waals surface area contributed by atoms with Gasteiger partial charge in [-0.15, -0.1) is 0 Å². The second-order valence-corrected chi connectivity index (χ2v) is 11.0. The fraction of sp³-hybridized carbons (Fsp3) is 0.483. The number of aliphatic hydroxyl groups is 1. The second kappa shape index (κ2) is 9.34. The van der Waals surface area contributed by atoms with E-state index in [1.165, 1.54) is 0 Å². The van der Waals surface area contributed by atoms with Crippen molar-refractivity contribution in [1.29, 1.82) is 5.26 Å². The number of nitriles is 1. The van der Waals surface area contributed by atoms with Gasteiger partial charge in [-0.1, -0.05) is 6.08 Å². The van der Waals surface area contributed by atoms with E-state index in [9.17, 15) is 20.0 Å². The Labute approximate surface area is 212 Å². The third kappa shape index (κ3) is 4.52. The van der Waals surface area contributed by atoms with E-state index < -0.39 is 5.60 Å². The first kappa shape index (κ1) is 24.5. The Balaban J connectivity index is 1.43. The fourth-order valence-electron chi connectivity index (χ4n) is 6.24. The van der Waals surface area contributed by atoms with E-state index in [1.54, 1.807) is 12.1 Å². The predicted molar refractivity (Wildman–Crippen MR) is 136 cm³/mol. The second-order valence-electron chi connectivity index (χ2n) is 11.0. The highest BCUT2D eigenvalue weighted by atomic mass is 16.6. The Morgan fingerprint density at radius 1 is 1.28 bits per heavy atom. The number of esters is 1. The van der Waals surface area contributed by atoms with Gasteiger partial charge in [-0.25, -0.2) is 0 Å². The van der Waals surface area contributed by atoms with E-state index in [-0.39, 0.29) is 35.9 Å². The Morgan fingerprint density at radius 3 is 2.61 bits per heavy atom. The molecule has 1 aromatic heterocycles. The molecule has 3 fully saturated rings. The molecule has 0 spiro atoms. The summed E-state index contributed by atoms with van der Waals surface area (Å²) in [5.74, 6) is -0.294. The molecular weight excluding hydrogens is 454 g/mol. The SMILES string of the molecule is Cc1c(C(=O)CN2C3CCC2[C@@H](O)C3)cc(/C=C/CC2CC(C)(C)OC2=O)n1-c1ccc(C#N)cc1. The van der Waals surface area contributed by atoms with E-state index in [2.05, 4.69) is 11.0 Å². The van der Waals surface area contributed by atoms with Crippen molar-refractivity contribution in [3.8, 4) is 11.8 Å². The van der Waals surface area contributed by atoms with E-state index in [0.29, 0.717) is 30.5 Å². The van der Waals surface area contributed by atoms with Crippen LogP contribution in [-0.4, -0.2) is 56.7 Å². The van der Waals surface area contributed by atoms with E-state index >= 15 is 0 Å². The maximum Gasteiger partial charge on any atom is 0.309 e. The van der Waals surface area contributed by atoms with Crippen molar-refractivity contribution in [1.82, 2.24) is 9.47 Å². The maximum absolute atomic E-state index is 13.5. The van der Waals surface area contributed by atoms with Gasteiger partial charge < -0.3 is 14.4 Å². The summed E-state index contributed by atoms with van der Waals surface area (Å²) in [5, 5.41) is 19.5. The molecule has 7 nitrogen and oxygen atoms in total. The molecule has 2 bridgehead atoms. The molecule has 188 valence electrons. The first-order chi connectivity index (χ1) is 17.2. The summed E-state index contributed by atoms with van der Waals surface area (Å²) in [6, 6.07) is 11.7. The van der Waals surface area contributed by atoms with Gasteiger partial charge in [-0.05, 0) is 82.9 Å². The summed E-state index contributed by atoms with van der Waals surface area (Å²) >= 11 is 0. The number of carbonyl (C=O) groups is 2. The Kier molecular flexibility index (Phi) is 6.36. The minimum atomic E-state index is -0.433. The standard InChI is InChI=1S/C29H33N3O4/c1-18-24(27(34)17-31-22-11-12-25(31)26(33)14-22)13-23(32(18)21-9-7-19(16-30)8-10-21)6-4-5-20-15-29(2,3)36-28(20)35/h4,6-10,13,20,22,25-26,33H,5,11-12,14-15,17H2,1-3H3/b6-4+/t20?,22?,25?,26-/m0/s1. The van der Waals surface area contributed by atoms with E-state index in [0.717, 1.165) is 36.3 Å². The molecule has 5 rings (SSSR count). The molecule has 1 aromatic carbocycles. The fourth-order valence-corrected chi connectivity index (χ4v) is 6.24. The number of ketones is 1. The number of fused-ring (bicyclic) bond motifs is 2. The molecule has 4 heterocycles. The average Bonchev–Trinajstić information content (AvgIpc) is 3.53. The normalized spacial score (nSPS) is 27.0. The molecule has 0 saturated carbocycles. The summed E-state index contributed by atoms with van der Waals surface area (Å²) < 4.78 is 7.48. The highest BCUT2D eigenvalue weighted by molar-refractivity contribution is 5.99. The van der Waals surface area contributed by atoms with Crippen molar-refractivity contribution in [2.75, 3.05) is 6.54 Å². The maximum atomic E-state index is 13.5. The average molecular weight is 488 g/mol. The van der Waals surface area contributed by atoms with E-state index in [1.807, 2.05) is 55.7 Å². The van der Waals surface area contributed by atoms with Crippen LogP contribution in [0.3, 0.4) is 0 Å². The lowest BCUT2D eigenvalue weighted by molar-refractivity contribution is -0.148. The summed E-state index contributed by atoms with van der Waals surface area (Å²) in [4.78, 5) is 27.9. The quantitative estimate of drug-likeness (QED) is 0.465. The van der Waals surface area contributed by atoms with Crippen LogP contribution in [0.2, 0.25) is 0 Å². The molecule has 0 aliphatic carbocycles. The van der Waals surface area contributed by atoms with Crippen molar-refractivity contribution < 1.29 is 19.4 Å². The van der Waals surface area contributed by atoms with Crippen LogP contribution in [-0.2, 0) is 9.53 Å². The van der Waals surface area contributed by atoms with Crippen LogP contribution in [0.4, 0.5) is 0 Å². The number of cyclic esters (lactones) is 1. The first-order valence-corrected chi connectivity index (χ1v) is 12.8. The van der Waals surface area contributed by atoms with Gasteiger partial charge in [0.25, 0.3) is 0 Å². The van der Waals surface area contributed by atoms with Crippen molar-refractivity contribution in [2.24, 2.45) is 5.92 Å². The topological polar surface area (TPSA) is 95.6 Å². The van der Waals surface area contributed by atoms with Crippen LogP contribution < -0.4 is 0 Å². The Bertz CT molecular complexity index is 1250. The minimum absolute atomic E-state index is 0.0432. The Morgan fingerprint density at radius 2 is 2.03 bits per heavy atom. The van der Waals surface area contributed by atoms with Gasteiger partial charge >= 0.3 is 5.97 Å². The zero-order valence-corrected chi connectivity index (χ0v) is 21.1. The van der Waals surface area contributed by atoms with Gasteiger partial charge in [-0.3, -0.25) is 14.5 Å². The predicted octanol–water partition coefficient (Wildman–Crippen LogP) is 4.18. The number of nitrogens with zero attached hydrogens (tertiary/aromatic N) is 3. The molecule has 7 heteroatoms. The number of ether oxygens (including phenoxy) is 1. The van der Waals surface area contributed by atoms with Crippen LogP contribution >= 0.6 is 0 Å². The highest BCUT2D eigenvalue weighted by Gasteiger charge is 2.46. The smallest absolute Gasteiger partial charge is 0.309 e. The summed E-state index contributed by atoms with van der Waals surface area (Å²) in [6.07, 6.45) is 7.58. The number of carbonyl (C=O) groups excluding carboxylic acids is 2. The zero-order valence-electron chi connectivity index (χ0n) is 21.1. The van der Waals surface area contributed by atoms with Crippen LogP contribution in [0.5, 0.6) is 0 Å². The number of Topliss-reactive ketones (excluding diaryl/α,β-unsaturated/α-hetero) is 1. The molecule has 1 N–H and O–H groups in total. The lowest BCUT2D eigenvalue weighted by Gasteiger charge is -2.21. The van der Waals surface area contributed by atoms with Gasteiger partial charge in [0.15, 0.2) is 5.78 Å². The van der Waals surface area contributed by atoms with Crippen LogP contribution in [0.25, 0.3) is 11.8 Å². The largest absolute Gasteiger partial charge is 0.459 e. The first-order valence-electron chi connectivity index (χ1n) is 12.8. The minimum Gasteiger partial charge on any atom is -0.459 e. The summed E-state index contributed by atoms with van der Waals surface area (Å²) in [5.41, 5.74) is 3.33. The molecule has 36 heavy (non-hydrogen) atoms. The highest BCUT2D eigenvalue weighted by Crippen LogP contribution is 2.38. The van der Waals surface area contributed by atoms with Crippen molar-refractivity contribution in [2.45, 2.75) is 76.7 Å². The number of hydrogen-bond donors (Lipinski definition) is 1. The molecule has 3 saturated heterocycles. The third-order valence-corrected chi connectivity index (χ3v) is 7.96. The summed E-state index contributed by atoms with van der Waals surface area (Å²) in [7, 11) is 0. The van der Waals surface area contributed by atoms with Gasteiger partial charge in [0.05, 0.1) is 30.2 Å². The molecule has 3 aliphatic rings. The monoisotopic (exact) mass is 487 g/mol. The third-order valence-electron chi connectivity index (χ3n) is 7.96. The zero-order chi connectivity index (χ0) is 25.6. The van der Waals surface area contributed by atoms with Gasteiger partial charge in [0.1, 0.15) is 5.60 Å².